The summed E-state index contributed by atoms with van der Waals surface area (Å²) in [6.07, 6.45) is 5.28. The lowest BCUT2D eigenvalue weighted by Gasteiger charge is -2.34. The molecule has 4 amide bonds. The number of carbonyl (C=O) groups excluding carboxylic acids is 4. The van der Waals surface area contributed by atoms with E-state index in [0.29, 0.717) is 50.9 Å². The van der Waals surface area contributed by atoms with Gasteiger partial charge in [0.25, 0.3) is 0 Å². The number of nitrogens with two attached hydrogens (primary N) is 1. The number of nitrogens with one attached hydrogen (secondary N) is 2. The van der Waals surface area contributed by atoms with Crippen LogP contribution in [-0.4, -0.2) is 102 Å². The smallest absolute Gasteiger partial charge is 0.410 e. The van der Waals surface area contributed by atoms with Crippen molar-refractivity contribution in [3.8, 4) is 0 Å². The van der Waals surface area contributed by atoms with Crippen LogP contribution in [0.25, 0.3) is 0 Å². The molecule has 0 bridgehead atoms. The normalized spacial score (nSPS) is 18.0. The van der Waals surface area contributed by atoms with E-state index in [1.165, 1.54) is 4.90 Å². The SMILES string of the molecule is CCOC(=O)[C@@H](N)CNC(=O)CCNC(=O)C(CCC1CCN(C(=O)O)CC1)CCC1CCN(C(=O)OC(C)(C)C)CC1. The van der Waals surface area contributed by atoms with E-state index in [4.69, 9.17) is 15.2 Å². The Labute approximate surface area is 255 Å². The van der Waals surface area contributed by atoms with Crippen molar-refractivity contribution in [2.45, 2.75) is 97.1 Å². The van der Waals surface area contributed by atoms with Crippen LogP contribution in [0.2, 0.25) is 0 Å². The fourth-order valence-electron chi connectivity index (χ4n) is 5.51. The Bertz CT molecular complexity index is 924. The minimum Gasteiger partial charge on any atom is -0.465 e. The number of piperidine rings is 2. The van der Waals surface area contributed by atoms with Gasteiger partial charge in [0.1, 0.15) is 11.6 Å². The number of carboxylic acid groups (broad SMARTS) is 1. The van der Waals surface area contributed by atoms with Crippen molar-refractivity contribution in [1.29, 1.82) is 0 Å². The first kappa shape index (κ1) is 36.1. The number of likely N-dealkylation sites (tertiary alicyclic amines) is 2. The van der Waals surface area contributed by atoms with E-state index in [1.54, 1.807) is 11.8 Å². The second-order valence-corrected chi connectivity index (χ2v) is 12.7. The lowest BCUT2D eigenvalue weighted by molar-refractivity contribution is -0.144. The Morgan fingerprint density at radius 3 is 1.93 bits per heavy atom. The van der Waals surface area contributed by atoms with Crippen molar-refractivity contribution in [2.75, 3.05) is 45.9 Å². The first-order valence-electron chi connectivity index (χ1n) is 15.7. The first-order valence-corrected chi connectivity index (χ1v) is 15.7. The lowest BCUT2D eigenvalue weighted by Crippen LogP contribution is -2.44. The van der Waals surface area contributed by atoms with Crippen molar-refractivity contribution in [3.63, 3.8) is 0 Å². The molecule has 2 fully saturated rings. The molecule has 2 aliphatic rings. The Morgan fingerprint density at radius 1 is 0.907 bits per heavy atom. The predicted octanol–water partition coefficient (Wildman–Crippen LogP) is 2.71. The maximum absolute atomic E-state index is 13.2. The van der Waals surface area contributed by atoms with Gasteiger partial charge in [0.05, 0.1) is 6.61 Å². The number of hydrogen-bond acceptors (Lipinski definition) is 8. The standard InChI is InChI=1S/C30H53N5O8/c1-5-42-27(38)24(31)20-33-25(36)10-15-32-26(37)23(8-6-21-11-16-34(17-12-21)28(39)40)9-7-22-13-18-35(19-14-22)29(41)43-30(2,3)4/h21-24H,5-20,31H2,1-4H3,(H,32,37)(H,33,36)(H,39,40)/t23?,24-/m0/s1. The van der Waals surface area contributed by atoms with Gasteiger partial charge in [-0.1, -0.05) is 0 Å². The van der Waals surface area contributed by atoms with Crippen LogP contribution >= 0.6 is 0 Å². The average Bonchev–Trinajstić information content (AvgIpc) is 2.95. The number of esters is 1. The molecule has 2 aliphatic heterocycles. The minimum absolute atomic E-state index is 0.0400. The molecule has 5 N–H and O–H groups in total. The highest BCUT2D eigenvalue weighted by Gasteiger charge is 2.29. The molecule has 0 aromatic rings. The van der Waals surface area contributed by atoms with E-state index in [0.717, 1.165) is 38.5 Å². The maximum Gasteiger partial charge on any atom is 0.410 e. The molecule has 43 heavy (non-hydrogen) atoms. The van der Waals surface area contributed by atoms with Gasteiger partial charge >= 0.3 is 18.2 Å². The second kappa shape index (κ2) is 17.9. The molecule has 0 aliphatic carbocycles. The third kappa shape index (κ3) is 13.8. The molecular weight excluding hydrogens is 558 g/mol. The number of rotatable bonds is 14. The molecule has 13 heteroatoms. The van der Waals surface area contributed by atoms with Crippen molar-refractivity contribution in [3.05, 3.63) is 0 Å². The highest BCUT2D eigenvalue weighted by atomic mass is 16.6. The zero-order valence-corrected chi connectivity index (χ0v) is 26.4. The van der Waals surface area contributed by atoms with Gasteiger partial charge in [-0.25, -0.2) is 9.59 Å². The second-order valence-electron chi connectivity index (χ2n) is 12.7. The predicted molar refractivity (Wildman–Crippen MR) is 160 cm³/mol. The summed E-state index contributed by atoms with van der Waals surface area (Å²) in [7, 11) is 0. The highest BCUT2D eigenvalue weighted by Crippen LogP contribution is 2.29. The van der Waals surface area contributed by atoms with Gasteiger partial charge in [0.2, 0.25) is 11.8 Å². The molecule has 0 radical (unpaired) electrons. The Kier molecular flexibility index (Phi) is 15.0. The van der Waals surface area contributed by atoms with Gasteiger partial charge in [-0.3, -0.25) is 14.4 Å². The zero-order chi connectivity index (χ0) is 32.0. The van der Waals surface area contributed by atoms with Crippen LogP contribution in [-0.2, 0) is 23.9 Å². The van der Waals surface area contributed by atoms with E-state index < -0.39 is 23.7 Å². The molecule has 0 aromatic carbocycles. The number of amides is 4. The molecule has 2 saturated heterocycles. The summed E-state index contributed by atoms with van der Waals surface area (Å²) >= 11 is 0. The van der Waals surface area contributed by atoms with Crippen molar-refractivity contribution < 1.29 is 38.6 Å². The van der Waals surface area contributed by atoms with E-state index in [2.05, 4.69) is 10.6 Å². The fourth-order valence-corrected chi connectivity index (χ4v) is 5.51. The Hall–Kier alpha value is -3.09. The van der Waals surface area contributed by atoms with Crippen molar-refractivity contribution in [1.82, 2.24) is 20.4 Å². The molecule has 2 heterocycles. The van der Waals surface area contributed by atoms with E-state index in [-0.39, 0.29) is 49.9 Å². The molecule has 1 unspecified atom stereocenters. The van der Waals surface area contributed by atoms with Crippen LogP contribution in [0.5, 0.6) is 0 Å². The summed E-state index contributed by atoms with van der Waals surface area (Å²) in [6, 6.07) is -0.943. The van der Waals surface area contributed by atoms with Crippen molar-refractivity contribution >= 4 is 30.0 Å². The number of nitrogens with zero attached hydrogens (tertiary/aromatic N) is 2. The van der Waals surface area contributed by atoms with Gasteiger partial charge in [-0.2, -0.15) is 0 Å². The van der Waals surface area contributed by atoms with Crippen LogP contribution in [0.1, 0.15) is 85.5 Å². The topological polar surface area (TPSA) is 181 Å². The van der Waals surface area contributed by atoms with Gasteiger partial charge in [-0.05, 0) is 90.9 Å². The molecule has 0 aromatic heterocycles. The first-order chi connectivity index (χ1) is 20.3. The van der Waals surface area contributed by atoms with E-state index in [1.807, 2.05) is 20.8 Å². The summed E-state index contributed by atoms with van der Waals surface area (Å²) < 4.78 is 10.3. The number of ether oxygens (including phenoxy) is 2. The van der Waals surface area contributed by atoms with E-state index in [9.17, 15) is 29.1 Å². The van der Waals surface area contributed by atoms with E-state index >= 15 is 0 Å². The lowest BCUT2D eigenvalue weighted by atomic mass is 9.84. The summed E-state index contributed by atoms with van der Waals surface area (Å²) in [6.45, 7) is 9.87. The Morgan fingerprint density at radius 2 is 1.44 bits per heavy atom. The molecule has 0 saturated carbocycles. The van der Waals surface area contributed by atoms with Crippen LogP contribution in [0.15, 0.2) is 0 Å². The van der Waals surface area contributed by atoms with Crippen LogP contribution in [0.4, 0.5) is 9.59 Å². The largest absolute Gasteiger partial charge is 0.465 e. The van der Waals surface area contributed by atoms with Crippen LogP contribution in [0, 0.1) is 17.8 Å². The van der Waals surface area contributed by atoms with Gasteiger partial charge < -0.3 is 40.7 Å². The third-order valence-corrected chi connectivity index (χ3v) is 8.13. The zero-order valence-electron chi connectivity index (χ0n) is 26.4. The van der Waals surface area contributed by atoms with Crippen molar-refractivity contribution in [2.24, 2.45) is 23.5 Å². The van der Waals surface area contributed by atoms with Crippen LogP contribution < -0.4 is 16.4 Å². The number of hydrogen-bond donors (Lipinski definition) is 4. The highest BCUT2D eigenvalue weighted by molar-refractivity contribution is 5.81. The molecule has 0 spiro atoms. The Balaban J connectivity index is 1.84. The minimum atomic E-state index is -0.943. The van der Waals surface area contributed by atoms with Gasteiger partial charge in [-0.15, -0.1) is 0 Å². The van der Waals surface area contributed by atoms with Gasteiger partial charge in [0.15, 0.2) is 0 Å². The third-order valence-electron chi connectivity index (χ3n) is 8.13. The average molecular weight is 612 g/mol. The molecule has 246 valence electrons. The summed E-state index contributed by atoms with van der Waals surface area (Å²) in [5.41, 5.74) is 5.18. The van der Waals surface area contributed by atoms with Crippen LogP contribution in [0.3, 0.4) is 0 Å². The maximum atomic E-state index is 13.2. The molecule has 2 atom stereocenters. The molecule has 13 nitrogen and oxygen atoms in total. The quantitative estimate of drug-likeness (QED) is 0.215. The number of carbonyl (C=O) groups is 5. The fraction of sp³-hybridized carbons (Fsp3) is 0.833. The summed E-state index contributed by atoms with van der Waals surface area (Å²) in [4.78, 5) is 63.9. The molecule has 2 rings (SSSR count). The monoisotopic (exact) mass is 611 g/mol. The summed E-state index contributed by atoms with van der Waals surface area (Å²) in [5.74, 6) is -0.437. The van der Waals surface area contributed by atoms with Gasteiger partial charge in [0, 0.05) is 51.6 Å². The molecular formula is C30H53N5O8. The summed E-state index contributed by atoms with van der Waals surface area (Å²) in [5, 5.41) is 14.7.